The van der Waals surface area contributed by atoms with E-state index in [0.29, 0.717) is 25.9 Å². The molecule has 0 atom stereocenters. The molecule has 0 aliphatic carbocycles. The van der Waals surface area contributed by atoms with Gasteiger partial charge >= 0.3 is 0 Å². The standard InChI is InChI=1S/C11H14N4O4/c12-9(18)6-8(17)11(19)15-10(14-6)7(16)5-1-3-13-4-2-5/h5,13,17H,1-4H2,(H2,12,18)(H,14,15,19). The van der Waals surface area contributed by atoms with E-state index in [0.717, 1.165) is 0 Å². The van der Waals surface area contributed by atoms with Gasteiger partial charge in [0.25, 0.3) is 11.5 Å². The number of amides is 1. The molecule has 2 rings (SSSR count). The molecule has 0 bridgehead atoms. The number of hydrogen-bond donors (Lipinski definition) is 4. The Labute approximate surface area is 108 Å². The number of primary amides is 1. The van der Waals surface area contributed by atoms with Crippen LogP contribution in [0.5, 0.6) is 5.75 Å². The van der Waals surface area contributed by atoms with Crippen LogP contribution in [0.15, 0.2) is 4.79 Å². The van der Waals surface area contributed by atoms with E-state index in [4.69, 9.17) is 5.73 Å². The summed E-state index contributed by atoms with van der Waals surface area (Å²) in [6.45, 7) is 1.42. The van der Waals surface area contributed by atoms with Gasteiger partial charge in [-0.05, 0) is 25.9 Å². The van der Waals surface area contributed by atoms with Crippen LogP contribution in [0.25, 0.3) is 0 Å². The molecule has 0 spiro atoms. The molecule has 1 saturated heterocycles. The number of carbonyl (C=O) groups is 2. The van der Waals surface area contributed by atoms with Crippen molar-refractivity contribution < 1.29 is 14.7 Å². The van der Waals surface area contributed by atoms with Gasteiger partial charge in [0.1, 0.15) is 0 Å². The van der Waals surface area contributed by atoms with Gasteiger partial charge in [-0.25, -0.2) is 4.98 Å². The Hall–Kier alpha value is -2.22. The molecule has 0 saturated carbocycles. The van der Waals surface area contributed by atoms with Crippen molar-refractivity contribution >= 4 is 11.7 Å². The number of carbonyl (C=O) groups excluding carboxylic acids is 2. The zero-order valence-corrected chi connectivity index (χ0v) is 10.1. The van der Waals surface area contributed by atoms with Crippen LogP contribution >= 0.6 is 0 Å². The molecule has 1 fully saturated rings. The Morgan fingerprint density at radius 1 is 1.32 bits per heavy atom. The van der Waals surface area contributed by atoms with Crippen molar-refractivity contribution in [2.45, 2.75) is 12.8 Å². The molecular formula is C11H14N4O4. The lowest BCUT2D eigenvalue weighted by Crippen LogP contribution is -2.33. The zero-order chi connectivity index (χ0) is 14.0. The molecule has 1 aromatic heterocycles. The Balaban J connectivity index is 2.37. The molecule has 5 N–H and O–H groups in total. The molecule has 19 heavy (non-hydrogen) atoms. The third-order valence-corrected chi connectivity index (χ3v) is 3.07. The summed E-state index contributed by atoms with van der Waals surface area (Å²) >= 11 is 0. The van der Waals surface area contributed by atoms with Crippen molar-refractivity contribution in [3.05, 3.63) is 21.9 Å². The lowest BCUT2D eigenvalue weighted by Gasteiger charge is -2.20. The summed E-state index contributed by atoms with van der Waals surface area (Å²) in [5, 5.41) is 12.5. The number of ketones is 1. The molecule has 1 aromatic rings. The summed E-state index contributed by atoms with van der Waals surface area (Å²) in [6.07, 6.45) is 1.27. The Bertz CT molecular complexity index is 575. The molecule has 1 amide bonds. The van der Waals surface area contributed by atoms with E-state index in [1.54, 1.807) is 0 Å². The highest BCUT2D eigenvalue weighted by Crippen LogP contribution is 2.17. The summed E-state index contributed by atoms with van der Waals surface area (Å²) in [5.41, 5.74) is 3.47. The van der Waals surface area contributed by atoms with Gasteiger partial charge in [0.15, 0.2) is 11.5 Å². The summed E-state index contributed by atoms with van der Waals surface area (Å²) in [7, 11) is 0. The van der Waals surface area contributed by atoms with Crippen LogP contribution in [-0.4, -0.2) is 39.9 Å². The molecule has 2 heterocycles. The van der Waals surface area contributed by atoms with Crippen molar-refractivity contribution in [1.29, 1.82) is 0 Å². The molecule has 0 radical (unpaired) electrons. The second-order valence-corrected chi connectivity index (χ2v) is 4.36. The van der Waals surface area contributed by atoms with Crippen molar-refractivity contribution in [3.8, 4) is 5.75 Å². The average Bonchev–Trinajstić information content (AvgIpc) is 2.41. The third kappa shape index (κ3) is 2.63. The molecule has 8 heteroatoms. The third-order valence-electron chi connectivity index (χ3n) is 3.07. The fourth-order valence-electron chi connectivity index (χ4n) is 2.03. The predicted molar refractivity (Wildman–Crippen MR) is 65.0 cm³/mol. The fourth-order valence-corrected chi connectivity index (χ4v) is 2.03. The number of aromatic hydroxyl groups is 1. The van der Waals surface area contributed by atoms with Crippen LogP contribution in [-0.2, 0) is 0 Å². The van der Waals surface area contributed by atoms with Crippen LogP contribution in [0, 0.1) is 5.92 Å². The van der Waals surface area contributed by atoms with E-state index < -0.39 is 22.9 Å². The minimum atomic E-state index is -1.05. The van der Waals surface area contributed by atoms with Crippen LogP contribution in [0.2, 0.25) is 0 Å². The maximum absolute atomic E-state index is 12.1. The number of nitrogens with zero attached hydrogens (tertiary/aromatic N) is 1. The summed E-state index contributed by atoms with van der Waals surface area (Å²) in [6, 6.07) is 0. The quantitative estimate of drug-likeness (QED) is 0.504. The summed E-state index contributed by atoms with van der Waals surface area (Å²) < 4.78 is 0. The van der Waals surface area contributed by atoms with Crippen molar-refractivity contribution in [2.24, 2.45) is 11.7 Å². The number of rotatable bonds is 3. The number of piperidine rings is 1. The van der Waals surface area contributed by atoms with Gasteiger partial charge in [-0.1, -0.05) is 0 Å². The first-order chi connectivity index (χ1) is 9.00. The SMILES string of the molecule is NC(=O)c1nc(C(=O)C2CCNCC2)[nH]c(=O)c1O. The van der Waals surface area contributed by atoms with E-state index in [-0.39, 0.29) is 17.5 Å². The van der Waals surface area contributed by atoms with E-state index >= 15 is 0 Å². The Kier molecular flexibility index (Phi) is 3.61. The fraction of sp³-hybridized carbons (Fsp3) is 0.455. The molecule has 0 unspecified atom stereocenters. The van der Waals surface area contributed by atoms with E-state index in [1.165, 1.54) is 0 Å². The molecular weight excluding hydrogens is 252 g/mol. The number of Topliss-reactive ketones (excluding diaryl/α,β-unsaturated/α-hetero) is 1. The minimum Gasteiger partial charge on any atom is -0.501 e. The van der Waals surface area contributed by atoms with E-state index in [2.05, 4.69) is 15.3 Å². The Morgan fingerprint density at radius 2 is 1.95 bits per heavy atom. The number of aromatic nitrogens is 2. The van der Waals surface area contributed by atoms with Crippen molar-refractivity contribution in [3.63, 3.8) is 0 Å². The van der Waals surface area contributed by atoms with Crippen LogP contribution in [0.4, 0.5) is 0 Å². The monoisotopic (exact) mass is 266 g/mol. The molecule has 1 aliphatic heterocycles. The highest BCUT2D eigenvalue weighted by molar-refractivity contribution is 5.97. The van der Waals surface area contributed by atoms with Crippen molar-refractivity contribution in [1.82, 2.24) is 15.3 Å². The number of hydrogen-bond acceptors (Lipinski definition) is 6. The normalized spacial score (nSPS) is 16.2. The van der Waals surface area contributed by atoms with Gasteiger partial charge in [0, 0.05) is 5.92 Å². The summed E-state index contributed by atoms with van der Waals surface area (Å²) in [5.74, 6) is -2.75. The number of nitrogens with two attached hydrogens (primary N) is 1. The van der Waals surface area contributed by atoms with Crippen LogP contribution in [0.1, 0.15) is 33.9 Å². The highest BCUT2D eigenvalue weighted by atomic mass is 16.3. The van der Waals surface area contributed by atoms with Crippen molar-refractivity contribution in [2.75, 3.05) is 13.1 Å². The van der Waals surface area contributed by atoms with E-state index in [1.807, 2.05) is 0 Å². The molecule has 0 aromatic carbocycles. The molecule has 102 valence electrons. The van der Waals surface area contributed by atoms with E-state index in [9.17, 15) is 19.5 Å². The summed E-state index contributed by atoms with van der Waals surface area (Å²) in [4.78, 5) is 40.5. The predicted octanol–water partition coefficient (Wildman–Crippen LogP) is -1.24. The minimum absolute atomic E-state index is 0.233. The highest BCUT2D eigenvalue weighted by Gasteiger charge is 2.26. The van der Waals surface area contributed by atoms with Gasteiger partial charge < -0.3 is 21.1 Å². The largest absolute Gasteiger partial charge is 0.501 e. The Morgan fingerprint density at radius 3 is 2.53 bits per heavy atom. The average molecular weight is 266 g/mol. The smallest absolute Gasteiger partial charge is 0.294 e. The van der Waals surface area contributed by atoms with Gasteiger partial charge in [-0.3, -0.25) is 14.4 Å². The lowest BCUT2D eigenvalue weighted by atomic mass is 9.93. The zero-order valence-electron chi connectivity index (χ0n) is 10.1. The first-order valence-corrected chi connectivity index (χ1v) is 5.88. The number of aromatic amines is 1. The number of nitrogens with one attached hydrogen (secondary N) is 2. The molecule has 1 aliphatic rings. The second kappa shape index (κ2) is 5.19. The van der Waals surface area contributed by atoms with Gasteiger partial charge in [-0.15, -0.1) is 0 Å². The first-order valence-electron chi connectivity index (χ1n) is 5.88. The number of H-pyrrole nitrogens is 1. The maximum atomic E-state index is 12.1. The molecule has 8 nitrogen and oxygen atoms in total. The second-order valence-electron chi connectivity index (χ2n) is 4.36. The lowest BCUT2D eigenvalue weighted by molar-refractivity contribution is 0.0883. The van der Waals surface area contributed by atoms with Crippen LogP contribution in [0.3, 0.4) is 0 Å². The van der Waals surface area contributed by atoms with Gasteiger partial charge in [-0.2, -0.15) is 0 Å². The van der Waals surface area contributed by atoms with Gasteiger partial charge in [0.2, 0.25) is 11.5 Å². The first kappa shape index (κ1) is 13.2. The topological polar surface area (TPSA) is 138 Å². The van der Waals surface area contributed by atoms with Gasteiger partial charge in [0.05, 0.1) is 0 Å². The van der Waals surface area contributed by atoms with Crippen LogP contribution < -0.4 is 16.6 Å². The maximum Gasteiger partial charge on any atom is 0.294 e.